The summed E-state index contributed by atoms with van der Waals surface area (Å²) in [6.07, 6.45) is 11.3. The lowest BCUT2D eigenvalue weighted by molar-refractivity contribution is -0.144. The zero-order chi connectivity index (χ0) is 92.9. The fourth-order valence-electron chi connectivity index (χ4n) is 10.3. The topological polar surface area (TPSA) is 324 Å². The third kappa shape index (κ3) is 35.1. The second-order valence-corrected chi connectivity index (χ2v) is 38.9. The maximum atomic E-state index is 13.0. The summed E-state index contributed by atoms with van der Waals surface area (Å²) in [7, 11) is 0. The standard InChI is InChI=1S/C16H12BrClF3N3O.C14H18BrClN2O2.C10H8BrClN2O2.C9H10BrClN2.C9H6BrClN2.C7H4BrClN2.C7H3ClF3NO.C5H2BrCl2N.C2H4Br2/c17-9-6-11(18)13(23-7-9)15(3-4-15)8-24-14(25)10-2-1-5-22-12(10)16(19,20)21;1-13(2,3)20-12(19)18-8-14(4-5-14)11-10(16)6-9(15)7-17-11;1-2-16-10(15)7(4-13)9-8(12)3-6(11)5-14-9;2*10-6-3-7(11)8(13-4-6)9(5-12)1-2-9;8-5-3-6(9)7(1-2-10)11-4-5;8-6(13)4-2-1-3-12-5(4)7(9,10)11;6-3-1-4(7)5(8)9-2-3;3-1-2-4/h1-2,5-7H,3-4,8H2,(H,24,25);6-7H,4-5,8H2,1-3H3,(H,18,19);3,5,7H,2H2,1H3;3-4H,1-2,5,12H2;3-4H,1-2H2;3-4H,1H2;1-3H;1-2H;1-2H2. The van der Waals surface area contributed by atoms with E-state index in [-0.39, 0.29) is 41.1 Å². The molecule has 0 bridgehead atoms. The molecule has 0 radical (unpaired) electrons. The third-order valence-corrected chi connectivity index (χ3v) is 24.6. The number of nitrogens with zero attached hydrogens (tertiary/aromatic N) is 12. The third-order valence-electron chi connectivity index (χ3n) is 17.0. The van der Waals surface area contributed by atoms with E-state index >= 15 is 0 Å². The number of nitrogens with two attached hydrogens (primary N) is 1. The van der Waals surface area contributed by atoms with E-state index in [4.69, 9.17) is 135 Å². The number of ether oxygens (including phenoxy) is 2. The minimum absolute atomic E-state index is 0.0811. The van der Waals surface area contributed by atoms with Gasteiger partial charge in [-0.3, -0.25) is 54.3 Å². The van der Waals surface area contributed by atoms with Crippen molar-refractivity contribution in [1.82, 2.24) is 55.5 Å². The highest BCUT2D eigenvalue weighted by Crippen LogP contribution is 2.52. The van der Waals surface area contributed by atoms with Crippen LogP contribution < -0.4 is 16.4 Å². The smallest absolute Gasteiger partial charge is 0.434 e. The van der Waals surface area contributed by atoms with Crippen molar-refractivity contribution in [2.45, 2.75) is 131 Å². The van der Waals surface area contributed by atoms with Crippen molar-refractivity contribution >= 4 is 271 Å². The summed E-state index contributed by atoms with van der Waals surface area (Å²) in [5.74, 6) is -2.54. The molecule has 4 fully saturated rings. The molecule has 45 heteroatoms. The average Bonchev–Trinajstić information content (AvgIpc) is 1.63. The second-order valence-electron chi connectivity index (χ2n) is 27.3. The zero-order valence-corrected chi connectivity index (χ0v) is 85.8. The Morgan fingerprint density at radius 3 is 1.23 bits per heavy atom. The van der Waals surface area contributed by atoms with Crippen molar-refractivity contribution in [3.05, 3.63) is 251 Å². The highest BCUT2D eigenvalue weighted by atomic mass is 79.9. The fraction of sp³-hybridized carbons (Fsp3) is 0.342. The number of amides is 2. The number of esters is 1. The Hall–Kier alpha value is -4.83. The number of carbonyl (C=O) groups excluding carboxylic acids is 4. The first-order valence-electron chi connectivity index (χ1n) is 35.7. The van der Waals surface area contributed by atoms with Gasteiger partial charge in [0.05, 0.1) is 112 Å². The van der Waals surface area contributed by atoms with Gasteiger partial charge in [-0.2, -0.15) is 42.1 Å². The van der Waals surface area contributed by atoms with Crippen molar-refractivity contribution in [1.29, 1.82) is 15.8 Å². The largest absolute Gasteiger partial charge is 0.465 e. The molecule has 0 spiro atoms. The van der Waals surface area contributed by atoms with Gasteiger partial charge in [-0.05, 0) is 269 Å². The maximum absolute atomic E-state index is 13.0. The van der Waals surface area contributed by atoms with Gasteiger partial charge in [-0.15, -0.1) is 0 Å². The number of carbonyl (C=O) groups is 4. The first kappa shape index (κ1) is 110. The lowest BCUT2D eigenvalue weighted by atomic mass is 10.0. The van der Waals surface area contributed by atoms with Gasteiger partial charge in [0.1, 0.15) is 16.2 Å². The average molecular weight is 2470 g/mol. The van der Waals surface area contributed by atoms with E-state index in [0.29, 0.717) is 59.2 Å². The summed E-state index contributed by atoms with van der Waals surface area (Å²) >= 11 is 81.4. The monoisotopic (exact) mass is 2460 g/mol. The summed E-state index contributed by atoms with van der Waals surface area (Å²) in [5, 5.41) is 36.5. The molecule has 124 heavy (non-hydrogen) atoms. The van der Waals surface area contributed by atoms with Crippen LogP contribution in [0.5, 0.6) is 0 Å². The summed E-state index contributed by atoms with van der Waals surface area (Å²) in [4.78, 5) is 81.2. The number of pyridine rings is 9. The van der Waals surface area contributed by atoms with Crippen LogP contribution in [-0.4, -0.2) is 111 Å². The van der Waals surface area contributed by atoms with Gasteiger partial charge < -0.3 is 25.8 Å². The number of aromatic nitrogens is 9. The van der Waals surface area contributed by atoms with Gasteiger partial charge in [-0.25, -0.2) is 9.78 Å². The van der Waals surface area contributed by atoms with E-state index in [2.05, 4.69) is 205 Å². The van der Waals surface area contributed by atoms with Gasteiger partial charge in [0.25, 0.3) is 11.1 Å². The van der Waals surface area contributed by atoms with E-state index in [1.165, 1.54) is 18.3 Å². The number of alkyl carbamates (subject to hydrolysis) is 1. The molecule has 662 valence electrons. The SMILES string of the molecule is BrCCBr.CC(C)(C)OC(=O)NCC1(c2ncc(Br)cc2Cl)CC1.CCOC(=O)C(C#N)c1ncc(Br)cc1Cl.Clc1cc(Br)cnc1Cl.N#CC1(c2ncc(Br)cc2Cl)CC1.N#CCc1ncc(Br)cc1Cl.NCC1(c2ncc(Br)cc2Cl)CC1.O=C(Cl)c1cccnc1C(F)(F)F.O=C(NCC1(c2ncc(Br)cc2Cl)CC1)c1cccnc1C(F)(F)F. The number of halogens is 24. The van der Waals surface area contributed by atoms with Crippen LogP contribution in [0.2, 0.25) is 40.3 Å². The zero-order valence-electron chi connectivity index (χ0n) is 64.7. The van der Waals surface area contributed by atoms with Crippen LogP contribution in [0, 0.1) is 34.0 Å². The van der Waals surface area contributed by atoms with Crippen LogP contribution in [0.15, 0.2) is 154 Å². The van der Waals surface area contributed by atoms with Gasteiger partial charge in [0.2, 0.25) is 0 Å². The summed E-state index contributed by atoms with van der Waals surface area (Å²) in [5.41, 5.74) is 4.74. The van der Waals surface area contributed by atoms with E-state index in [0.717, 1.165) is 135 Å². The second kappa shape index (κ2) is 51.1. The molecule has 21 nitrogen and oxygen atoms in total. The lowest BCUT2D eigenvalue weighted by Gasteiger charge is -2.22. The Balaban J connectivity index is 0.000000254. The predicted octanol–water partition coefficient (Wildman–Crippen LogP) is 26.6. The molecule has 4 aliphatic rings. The van der Waals surface area contributed by atoms with Crippen LogP contribution in [0.4, 0.5) is 31.1 Å². The molecule has 9 aromatic rings. The van der Waals surface area contributed by atoms with Crippen LogP contribution >= 0.6 is 248 Å². The maximum Gasteiger partial charge on any atom is 0.434 e. The van der Waals surface area contributed by atoms with E-state index in [1.807, 2.05) is 45.0 Å². The van der Waals surface area contributed by atoms with E-state index in [9.17, 15) is 45.5 Å². The molecule has 1 atom stereocenters. The molecular weight excluding hydrogens is 2410 g/mol. The molecule has 0 aromatic carbocycles. The summed E-state index contributed by atoms with van der Waals surface area (Å²) < 4.78 is 91.0. The van der Waals surface area contributed by atoms with E-state index in [1.54, 1.807) is 74.4 Å². The number of nitriles is 3. The molecular formula is C79H67Br9Cl9F6N15O6. The number of hydrogen-bond donors (Lipinski definition) is 3. The number of alkyl halides is 8. The van der Waals surface area contributed by atoms with Crippen molar-refractivity contribution in [2.75, 3.05) is 36.9 Å². The quantitative estimate of drug-likeness (QED) is 0.0266. The molecule has 13 rings (SSSR count). The Morgan fingerprint density at radius 2 is 0.895 bits per heavy atom. The molecule has 4 N–H and O–H groups in total. The Labute approximate surface area is 830 Å². The first-order chi connectivity index (χ1) is 58.2. The minimum Gasteiger partial charge on any atom is -0.465 e. The molecule has 2 amide bonds. The molecule has 4 aliphatic carbocycles. The van der Waals surface area contributed by atoms with Crippen molar-refractivity contribution in [3.63, 3.8) is 0 Å². The van der Waals surface area contributed by atoms with Crippen molar-refractivity contribution in [3.8, 4) is 18.2 Å². The van der Waals surface area contributed by atoms with Crippen LogP contribution in [-0.2, 0) is 54.7 Å². The predicted molar refractivity (Wildman–Crippen MR) is 499 cm³/mol. The van der Waals surface area contributed by atoms with Crippen LogP contribution in [0.25, 0.3) is 0 Å². The first-order valence-corrected chi connectivity index (χ1v) is 46.9. The fourth-order valence-corrected chi connectivity index (χ4v) is 16.0. The Kier molecular flexibility index (Phi) is 45.2. The van der Waals surface area contributed by atoms with Crippen LogP contribution in [0.1, 0.15) is 151 Å². The van der Waals surface area contributed by atoms with Crippen molar-refractivity contribution < 1.29 is 55.0 Å². The normalized spacial score (nSPS) is 14.1. The number of rotatable bonds is 16. The highest BCUT2D eigenvalue weighted by molar-refractivity contribution is 9.12. The number of nitrogens with one attached hydrogen (secondary N) is 2. The molecule has 9 heterocycles. The van der Waals surface area contributed by atoms with E-state index < -0.39 is 80.4 Å². The molecule has 4 saturated carbocycles. The molecule has 1 unspecified atom stereocenters. The Morgan fingerprint density at radius 1 is 0.516 bits per heavy atom. The molecule has 0 saturated heterocycles. The van der Waals surface area contributed by atoms with Crippen molar-refractivity contribution in [2.24, 2.45) is 5.73 Å². The highest BCUT2D eigenvalue weighted by Gasteiger charge is 2.50. The van der Waals surface area contributed by atoms with Gasteiger partial charge in [0.15, 0.2) is 17.3 Å². The van der Waals surface area contributed by atoms with Gasteiger partial charge >= 0.3 is 24.4 Å². The van der Waals surface area contributed by atoms with Crippen LogP contribution in [0.3, 0.4) is 0 Å². The summed E-state index contributed by atoms with van der Waals surface area (Å²) in [6, 6.07) is 22.8. The Bertz CT molecular complexity index is 5340. The minimum atomic E-state index is -4.69. The molecule has 9 aromatic heterocycles. The molecule has 0 aliphatic heterocycles. The number of hydrogen-bond acceptors (Lipinski definition) is 19. The van der Waals surface area contributed by atoms with Gasteiger partial charge in [0, 0.05) is 134 Å². The van der Waals surface area contributed by atoms with Gasteiger partial charge in [-0.1, -0.05) is 125 Å². The lowest BCUT2D eigenvalue weighted by Crippen LogP contribution is -2.37. The summed E-state index contributed by atoms with van der Waals surface area (Å²) in [6.45, 7) is 8.70.